The van der Waals surface area contributed by atoms with Crippen molar-refractivity contribution in [2.75, 3.05) is 13.2 Å². The smallest absolute Gasteiger partial charge is 0.338 e. The highest BCUT2D eigenvalue weighted by Gasteiger charge is 2.34. The van der Waals surface area contributed by atoms with E-state index in [0.29, 0.717) is 33.3 Å². The number of para-hydroxylation sites is 1. The molecule has 2 heterocycles. The first-order valence-corrected chi connectivity index (χ1v) is 10.6. The van der Waals surface area contributed by atoms with E-state index in [-0.39, 0.29) is 25.0 Å². The van der Waals surface area contributed by atoms with E-state index in [1.54, 1.807) is 30.3 Å². The number of benzene rings is 3. The van der Waals surface area contributed by atoms with Crippen molar-refractivity contribution in [3.8, 4) is 11.3 Å². The highest BCUT2D eigenvalue weighted by Crippen LogP contribution is 2.26. The third-order valence-electron chi connectivity index (χ3n) is 5.71. The number of aryl methyl sites for hydroxylation is 1. The molecule has 1 aromatic heterocycles. The molecule has 0 unspecified atom stereocenters. The zero-order valence-corrected chi connectivity index (χ0v) is 17.9. The maximum atomic E-state index is 13.0. The number of carbonyl (C=O) groups excluding carboxylic acids is 3. The van der Waals surface area contributed by atoms with Gasteiger partial charge in [-0.15, -0.1) is 0 Å². The third kappa shape index (κ3) is 3.76. The highest BCUT2D eigenvalue weighted by atomic mass is 16.5. The highest BCUT2D eigenvalue weighted by molar-refractivity contribution is 6.21. The summed E-state index contributed by atoms with van der Waals surface area (Å²) in [5.74, 6) is -1.27. The summed E-state index contributed by atoms with van der Waals surface area (Å²) in [6.07, 6.45) is 0. The summed E-state index contributed by atoms with van der Waals surface area (Å²) in [5.41, 5.74) is 4.51. The molecular weight excluding hydrogens is 416 g/mol. The molecule has 0 bridgehead atoms. The van der Waals surface area contributed by atoms with E-state index in [0.717, 1.165) is 16.0 Å². The van der Waals surface area contributed by atoms with E-state index < -0.39 is 5.97 Å². The SMILES string of the molecule is Cc1ccc(-c2cc(C(=O)OCCN3C(=O)c4ccccc4C3=O)c3ccccc3n2)cc1. The number of hydrogen-bond acceptors (Lipinski definition) is 5. The van der Waals surface area contributed by atoms with Crippen LogP contribution >= 0.6 is 0 Å². The van der Waals surface area contributed by atoms with Gasteiger partial charge in [0.25, 0.3) is 11.8 Å². The normalized spacial score (nSPS) is 12.8. The van der Waals surface area contributed by atoms with Crippen LogP contribution in [0.15, 0.2) is 78.9 Å². The Bertz CT molecular complexity index is 1370. The number of amides is 2. The van der Waals surface area contributed by atoms with Crippen LogP contribution < -0.4 is 0 Å². The first-order valence-electron chi connectivity index (χ1n) is 10.6. The predicted molar refractivity (Wildman–Crippen MR) is 124 cm³/mol. The van der Waals surface area contributed by atoms with Gasteiger partial charge in [-0.3, -0.25) is 14.5 Å². The number of nitrogens with zero attached hydrogens (tertiary/aromatic N) is 2. The van der Waals surface area contributed by atoms with Crippen LogP contribution in [0, 0.1) is 6.92 Å². The van der Waals surface area contributed by atoms with E-state index >= 15 is 0 Å². The maximum Gasteiger partial charge on any atom is 0.338 e. The van der Waals surface area contributed by atoms with Crippen molar-refractivity contribution in [3.63, 3.8) is 0 Å². The summed E-state index contributed by atoms with van der Waals surface area (Å²) in [4.78, 5) is 43.8. The molecular formula is C27H20N2O4. The second kappa shape index (κ2) is 8.31. The molecule has 0 N–H and O–H groups in total. The van der Waals surface area contributed by atoms with Crippen molar-refractivity contribution in [1.82, 2.24) is 9.88 Å². The van der Waals surface area contributed by atoms with Crippen LogP contribution in [0.3, 0.4) is 0 Å². The number of fused-ring (bicyclic) bond motifs is 2. The second-order valence-electron chi connectivity index (χ2n) is 7.88. The summed E-state index contributed by atoms with van der Waals surface area (Å²) in [6.45, 7) is 1.90. The number of hydrogen-bond donors (Lipinski definition) is 0. The molecule has 162 valence electrons. The molecule has 1 aliphatic rings. The Kier molecular flexibility index (Phi) is 5.18. The van der Waals surface area contributed by atoms with Gasteiger partial charge >= 0.3 is 5.97 Å². The van der Waals surface area contributed by atoms with Gasteiger partial charge in [0.15, 0.2) is 0 Å². The van der Waals surface area contributed by atoms with Crippen molar-refractivity contribution in [3.05, 3.63) is 101 Å². The molecule has 0 radical (unpaired) electrons. The Morgan fingerprint density at radius 2 is 1.52 bits per heavy atom. The minimum Gasteiger partial charge on any atom is -0.460 e. The fourth-order valence-corrected chi connectivity index (χ4v) is 3.97. The van der Waals surface area contributed by atoms with Crippen LogP contribution in [0.1, 0.15) is 36.6 Å². The minimum absolute atomic E-state index is 0.00801. The van der Waals surface area contributed by atoms with Crippen molar-refractivity contribution >= 4 is 28.7 Å². The number of aromatic nitrogens is 1. The fourth-order valence-electron chi connectivity index (χ4n) is 3.97. The van der Waals surface area contributed by atoms with Crippen LogP contribution in [-0.4, -0.2) is 40.8 Å². The lowest BCUT2D eigenvalue weighted by atomic mass is 10.0. The van der Waals surface area contributed by atoms with Gasteiger partial charge in [-0.25, -0.2) is 9.78 Å². The van der Waals surface area contributed by atoms with E-state index in [4.69, 9.17) is 9.72 Å². The van der Waals surface area contributed by atoms with Gasteiger partial charge in [0, 0.05) is 10.9 Å². The van der Waals surface area contributed by atoms with Gasteiger partial charge in [-0.2, -0.15) is 0 Å². The average Bonchev–Trinajstić information content (AvgIpc) is 3.08. The first-order chi connectivity index (χ1) is 16.0. The van der Waals surface area contributed by atoms with E-state index in [1.165, 1.54) is 0 Å². The van der Waals surface area contributed by atoms with Crippen LogP contribution in [0.25, 0.3) is 22.2 Å². The van der Waals surface area contributed by atoms with E-state index in [2.05, 4.69) is 0 Å². The number of ether oxygens (including phenoxy) is 1. The molecule has 6 nitrogen and oxygen atoms in total. The molecule has 1 aliphatic heterocycles. The molecule has 0 saturated carbocycles. The number of imide groups is 1. The van der Waals surface area contributed by atoms with Gasteiger partial charge in [0.1, 0.15) is 6.61 Å². The molecule has 3 aromatic carbocycles. The Balaban J connectivity index is 1.37. The molecule has 0 atom stereocenters. The summed E-state index contributed by atoms with van der Waals surface area (Å²) < 4.78 is 5.49. The van der Waals surface area contributed by atoms with Gasteiger partial charge in [0.2, 0.25) is 0 Å². The molecule has 6 heteroatoms. The lowest BCUT2D eigenvalue weighted by Gasteiger charge is -2.14. The predicted octanol–water partition coefficient (Wildman–Crippen LogP) is 4.66. The Morgan fingerprint density at radius 1 is 0.879 bits per heavy atom. The van der Waals surface area contributed by atoms with Gasteiger partial charge < -0.3 is 4.74 Å². The van der Waals surface area contributed by atoms with Crippen LogP contribution in [0.2, 0.25) is 0 Å². The second-order valence-corrected chi connectivity index (χ2v) is 7.88. The summed E-state index contributed by atoms with van der Waals surface area (Å²) >= 11 is 0. The largest absolute Gasteiger partial charge is 0.460 e. The summed E-state index contributed by atoms with van der Waals surface area (Å²) in [5, 5.41) is 0.680. The molecule has 2 amide bonds. The van der Waals surface area contributed by atoms with Crippen molar-refractivity contribution in [1.29, 1.82) is 0 Å². The number of esters is 1. The summed E-state index contributed by atoms with van der Waals surface area (Å²) in [6, 6.07) is 23.7. The molecule has 5 rings (SSSR count). The first kappa shape index (κ1) is 20.6. The average molecular weight is 436 g/mol. The molecule has 0 fully saturated rings. The topological polar surface area (TPSA) is 76.6 Å². The molecule has 0 saturated heterocycles. The third-order valence-corrected chi connectivity index (χ3v) is 5.71. The monoisotopic (exact) mass is 436 g/mol. The standard InChI is InChI=1S/C27H20N2O4/c1-17-10-12-18(13-11-17)24-16-22(19-6-4-5-9-23(19)28-24)27(32)33-15-14-29-25(30)20-7-2-3-8-21(20)26(29)31/h2-13,16H,14-15H2,1H3. The van der Waals surface area contributed by atoms with E-state index in [9.17, 15) is 14.4 Å². The van der Waals surface area contributed by atoms with Crippen molar-refractivity contribution < 1.29 is 19.1 Å². The Hall–Kier alpha value is -4.32. The minimum atomic E-state index is -0.529. The summed E-state index contributed by atoms with van der Waals surface area (Å²) in [7, 11) is 0. The molecule has 4 aromatic rings. The lowest BCUT2D eigenvalue weighted by Crippen LogP contribution is -2.33. The van der Waals surface area contributed by atoms with Gasteiger partial charge in [-0.1, -0.05) is 60.2 Å². The Labute approximate surface area is 190 Å². The van der Waals surface area contributed by atoms with Crippen molar-refractivity contribution in [2.24, 2.45) is 0 Å². The van der Waals surface area contributed by atoms with Crippen molar-refractivity contribution in [2.45, 2.75) is 6.92 Å². The number of rotatable bonds is 5. The van der Waals surface area contributed by atoms with Crippen LogP contribution in [0.4, 0.5) is 0 Å². The van der Waals surface area contributed by atoms with Gasteiger partial charge in [0.05, 0.1) is 34.4 Å². The van der Waals surface area contributed by atoms with E-state index in [1.807, 2.05) is 55.5 Å². The number of carbonyl (C=O) groups is 3. The number of pyridine rings is 1. The van der Waals surface area contributed by atoms with Crippen LogP contribution in [-0.2, 0) is 4.74 Å². The Morgan fingerprint density at radius 3 is 2.21 bits per heavy atom. The molecule has 33 heavy (non-hydrogen) atoms. The molecule has 0 spiro atoms. The fraction of sp³-hybridized carbons (Fsp3) is 0.111. The van der Waals surface area contributed by atoms with Gasteiger partial charge in [-0.05, 0) is 31.2 Å². The quantitative estimate of drug-likeness (QED) is 0.336. The lowest BCUT2D eigenvalue weighted by molar-refractivity contribution is 0.0422. The molecule has 0 aliphatic carbocycles. The zero-order valence-electron chi connectivity index (χ0n) is 17.9. The maximum absolute atomic E-state index is 13.0. The van der Waals surface area contributed by atoms with Crippen LogP contribution in [0.5, 0.6) is 0 Å². The zero-order chi connectivity index (χ0) is 22.9.